The van der Waals surface area contributed by atoms with Gasteiger partial charge in [-0.3, -0.25) is 9.59 Å². The summed E-state index contributed by atoms with van der Waals surface area (Å²) in [5, 5.41) is 3.17. The van der Waals surface area contributed by atoms with Crippen molar-refractivity contribution in [1.29, 1.82) is 0 Å². The van der Waals surface area contributed by atoms with Gasteiger partial charge in [0.05, 0.1) is 27.1 Å². The molecule has 0 aliphatic carbocycles. The first kappa shape index (κ1) is 26.7. The van der Waals surface area contributed by atoms with Crippen LogP contribution < -0.4 is 14.9 Å². The van der Waals surface area contributed by atoms with Crippen molar-refractivity contribution in [2.45, 2.75) is 51.0 Å². The molecule has 2 N–H and O–H groups in total. The maximum Gasteiger partial charge on any atom is 0.416 e. The quantitative estimate of drug-likeness (QED) is 0.372. The second-order valence-corrected chi connectivity index (χ2v) is 11.8. The van der Waals surface area contributed by atoms with Crippen molar-refractivity contribution < 1.29 is 31.2 Å². The number of alkyl halides is 3. The van der Waals surface area contributed by atoms with Gasteiger partial charge < -0.3 is 5.32 Å². The van der Waals surface area contributed by atoms with Crippen LogP contribution in [0.2, 0.25) is 0 Å². The number of nitrogens with one attached hydrogen (secondary N) is 2. The number of halogens is 3. The molecule has 0 atom stereocenters. The number of rotatable bonds is 9. The minimum absolute atomic E-state index is 0.0702. The predicted octanol–water partition coefficient (Wildman–Crippen LogP) is 4.81. The van der Waals surface area contributed by atoms with E-state index in [1.807, 2.05) is 0 Å². The third-order valence-electron chi connectivity index (χ3n) is 5.62. The number of hydrogen-bond donors (Lipinski definition) is 2. The smallest absolute Gasteiger partial charge is 0.385 e. The van der Waals surface area contributed by atoms with E-state index in [2.05, 4.69) is 10.0 Å². The lowest BCUT2D eigenvalue weighted by Crippen LogP contribution is -2.39. The van der Waals surface area contributed by atoms with Gasteiger partial charge in [0.15, 0.2) is 0 Å². The zero-order valence-corrected chi connectivity index (χ0v) is 20.5. The highest BCUT2D eigenvalue weighted by Crippen LogP contribution is 2.33. The molecule has 0 radical (unpaired) electrons. The van der Waals surface area contributed by atoms with Crippen LogP contribution in [0.3, 0.4) is 0 Å². The largest absolute Gasteiger partial charge is 0.416 e. The highest BCUT2D eigenvalue weighted by Gasteiger charge is 2.37. The van der Waals surface area contributed by atoms with E-state index in [1.165, 1.54) is 6.07 Å². The summed E-state index contributed by atoms with van der Waals surface area (Å²) in [5.74, 6) is -1.19. The van der Waals surface area contributed by atoms with E-state index in [4.69, 9.17) is 0 Å². The maximum absolute atomic E-state index is 12.8. The molecule has 0 aromatic heterocycles. The highest BCUT2D eigenvalue weighted by molar-refractivity contribution is 7.90. The van der Waals surface area contributed by atoms with Crippen LogP contribution in [-0.2, 0) is 16.2 Å². The second kappa shape index (κ2) is 9.98. The van der Waals surface area contributed by atoms with Gasteiger partial charge in [0, 0.05) is 18.8 Å². The van der Waals surface area contributed by atoms with Crippen LogP contribution >= 0.6 is 0 Å². The van der Waals surface area contributed by atoms with E-state index in [9.17, 15) is 31.2 Å². The fraction of sp³-hybridized carbons (Fsp3) is 0.417. The van der Waals surface area contributed by atoms with Crippen LogP contribution in [0.25, 0.3) is 0 Å². The van der Waals surface area contributed by atoms with Crippen molar-refractivity contribution in [3.63, 3.8) is 0 Å². The summed E-state index contributed by atoms with van der Waals surface area (Å²) in [6.07, 6.45) is -2.29. The summed E-state index contributed by atoms with van der Waals surface area (Å²) in [5.41, 5.74) is 0.201. The number of benzene rings is 2. The van der Waals surface area contributed by atoms with Crippen LogP contribution in [0.1, 0.15) is 66.3 Å². The van der Waals surface area contributed by atoms with Crippen LogP contribution in [0.5, 0.6) is 0 Å². The van der Waals surface area contributed by atoms with Crippen molar-refractivity contribution in [3.05, 3.63) is 59.2 Å². The van der Waals surface area contributed by atoms with E-state index in [0.29, 0.717) is 25.2 Å². The van der Waals surface area contributed by atoms with Crippen LogP contribution in [0.15, 0.2) is 42.5 Å². The molecule has 2 aromatic carbocycles. The molecular formula is C24H28F3N3O4S. The van der Waals surface area contributed by atoms with E-state index < -0.39 is 38.3 Å². The molecule has 0 fully saturated rings. The monoisotopic (exact) mass is 511 g/mol. The molecule has 2 amide bonds. The Morgan fingerprint density at radius 2 is 1.43 bits per heavy atom. The highest BCUT2D eigenvalue weighted by atomic mass is 32.2. The van der Waals surface area contributed by atoms with E-state index in [-0.39, 0.29) is 16.8 Å². The first-order valence-electron chi connectivity index (χ1n) is 11.2. The molecule has 0 saturated heterocycles. The molecule has 0 saturated carbocycles. The molecule has 1 aliphatic rings. The summed E-state index contributed by atoms with van der Waals surface area (Å²) >= 11 is 0. The van der Waals surface area contributed by atoms with Crippen molar-refractivity contribution in [1.82, 2.24) is 4.72 Å². The molecule has 1 aliphatic heterocycles. The lowest BCUT2D eigenvalue weighted by Gasteiger charge is -2.19. The van der Waals surface area contributed by atoms with Crippen molar-refractivity contribution in [3.8, 4) is 0 Å². The Morgan fingerprint density at radius 3 is 2.03 bits per heavy atom. The summed E-state index contributed by atoms with van der Waals surface area (Å²) < 4.78 is 64.2. The van der Waals surface area contributed by atoms with Gasteiger partial charge in [-0.05, 0) is 76.1 Å². The van der Waals surface area contributed by atoms with Crippen LogP contribution in [0.4, 0.5) is 24.5 Å². The number of anilines is 2. The average Bonchev–Trinajstić information content (AvgIpc) is 3.01. The Morgan fingerprint density at radius 1 is 0.829 bits per heavy atom. The zero-order valence-electron chi connectivity index (χ0n) is 19.7. The van der Waals surface area contributed by atoms with E-state index in [0.717, 1.165) is 42.0 Å². The molecule has 0 spiro atoms. The first-order chi connectivity index (χ1) is 16.2. The zero-order chi connectivity index (χ0) is 26.0. The lowest BCUT2D eigenvalue weighted by molar-refractivity contribution is -0.137. The number of sulfonamides is 1. The average molecular weight is 512 g/mol. The number of amides is 2. The number of nitrogens with zero attached hydrogens (tertiary/aromatic N) is 1. The van der Waals surface area contributed by atoms with Gasteiger partial charge in [0.2, 0.25) is 10.0 Å². The third kappa shape index (κ3) is 6.02. The van der Waals surface area contributed by atoms with E-state index in [1.54, 1.807) is 32.9 Å². The van der Waals surface area contributed by atoms with Crippen LogP contribution in [-0.4, -0.2) is 38.1 Å². The van der Waals surface area contributed by atoms with Crippen molar-refractivity contribution in [2.24, 2.45) is 0 Å². The number of carbonyl (C=O) groups excluding carboxylic acids is 2. The molecule has 2 aromatic rings. The van der Waals surface area contributed by atoms with Crippen LogP contribution in [0, 0.1) is 0 Å². The molecule has 0 bridgehead atoms. The third-order valence-corrected chi connectivity index (χ3v) is 7.82. The Balaban J connectivity index is 1.54. The summed E-state index contributed by atoms with van der Waals surface area (Å²) in [7, 11) is -3.36. The lowest BCUT2D eigenvalue weighted by atomic mass is 10.1. The molecule has 0 unspecified atom stereocenters. The van der Waals surface area contributed by atoms with Gasteiger partial charge in [0.1, 0.15) is 0 Å². The maximum atomic E-state index is 12.8. The van der Waals surface area contributed by atoms with Gasteiger partial charge in [-0.2, -0.15) is 13.2 Å². The Labute approximate surface area is 202 Å². The van der Waals surface area contributed by atoms with Gasteiger partial charge in [-0.1, -0.05) is 6.42 Å². The molecule has 1 heterocycles. The molecular weight excluding hydrogens is 483 g/mol. The fourth-order valence-corrected chi connectivity index (χ4v) is 4.31. The summed E-state index contributed by atoms with van der Waals surface area (Å²) in [6, 6.07) is 8.61. The first-order valence-corrected chi connectivity index (χ1v) is 12.6. The Hall–Kier alpha value is -2.92. The number of fused-ring (bicyclic) bond motifs is 1. The van der Waals surface area contributed by atoms with Crippen molar-refractivity contribution >= 4 is 33.2 Å². The Bertz CT molecular complexity index is 1200. The Kier molecular flexibility index (Phi) is 7.61. The number of imide groups is 1. The number of hydrogen-bond acceptors (Lipinski definition) is 5. The van der Waals surface area contributed by atoms with Gasteiger partial charge >= 0.3 is 6.18 Å². The predicted molar refractivity (Wildman–Crippen MR) is 128 cm³/mol. The van der Waals surface area contributed by atoms with Crippen molar-refractivity contribution in [2.75, 3.05) is 23.3 Å². The molecule has 35 heavy (non-hydrogen) atoms. The fourth-order valence-electron chi connectivity index (χ4n) is 3.47. The van der Waals surface area contributed by atoms with Gasteiger partial charge in [0.25, 0.3) is 11.8 Å². The molecule has 11 heteroatoms. The summed E-state index contributed by atoms with van der Waals surface area (Å²) in [4.78, 5) is 26.4. The van der Waals surface area contributed by atoms with Gasteiger partial charge in [-0.15, -0.1) is 0 Å². The van der Waals surface area contributed by atoms with Gasteiger partial charge in [-0.25, -0.2) is 18.0 Å². The standard InChI is InChI=1S/C24H28F3N3O4S/c1-23(2,3)35(33,34)29-14-6-4-5-13-28-17-9-12-19-20(15-17)22(32)30(21(19)31)18-10-7-16(8-11-18)24(25,26)27/h7-12,15,28-29H,4-6,13-14H2,1-3H3. The number of unbranched alkanes of at least 4 members (excludes halogenated alkanes) is 2. The van der Waals surface area contributed by atoms with E-state index >= 15 is 0 Å². The normalized spacial score (nSPS) is 14.4. The molecule has 3 rings (SSSR count). The minimum Gasteiger partial charge on any atom is -0.385 e. The molecule has 190 valence electrons. The topological polar surface area (TPSA) is 95.6 Å². The second-order valence-electron chi connectivity index (χ2n) is 9.25. The minimum atomic E-state index is -4.51. The summed E-state index contributed by atoms with van der Waals surface area (Å²) in [6.45, 7) is 5.84. The number of carbonyl (C=O) groups is 2. The SMILES string of the molecule is CC(C)(C)S(=O)(=O)NCCCCCNc1ccc2c(c1)C(=O)N(c1ccc(C(F)(F)F)cc1)C2=O. The molecule has 7 nitrogen and oxygen atoms in total.